The average Bonchev–Trinajstić information content (AvgIpc) is 2.77. The summed E-state index contributed by atoms with van der Waals surface area (Å²) in [5.41, 5.74) is 6.77. The molecule has 4 N–H and O–H groups in total. The molecular weight excluding hydrogens is 400 g/mol. The topological polar surface area (TPSA) is 101 Å². The Balaban J connectivity index is 2.29. The molecule has 0 aliphatic carbocycles. The summed E-state index contributed by atoms with van der Waals surface area (Å²) in [4.78, 5) is 0.112. The lowest BCUT2D eigenvalue weighted by Gasteiger charge is -2.10. The summed E-state index contributed by atoms with van der Waals surface area (Å²) in [6, 6.07) is 4.76. The van der Waals surface area contributed by atoms with Crippen molar-refractivity contribution in [1.29, 1.82) is 0 Å². The van der Waals surface area contributed by atoms with Gasteiger partial charge in [-0.05, 0) is 50.1 Å². The Morgan fingerprint density at radius 2 is 1.95 bits per heavy atom. The molecule has 0 atom stereocenters. The zero-order valence-electron chi connectivity index (χ0n) is 9.52. The van der Waals surface area contributed by atoms with Crippen molar-refractivity contribution in [2.75, 3.05) is 5.73 Å². The Hall–Kier alpha value is -0.900. The first-order valence-corrected chi connectivity index (χ1v) is 8.19. The van der Waals surface area contributed by atoms with Crippen LogP contribution in [0.1, 0.15) is 5.69 Å². The van der Waals surface area contributed by atoms with E-state index in [1.165, 1.54) is 12.1 Å². The fourth-order valence-corrected chi connectivity index (χ4v) is 5.09. The first kappa shape index (κ1) is 14.5. The van der Waals surface area contributed by atoms with Crippen LogP contribution in [0.3, 0.4) is 0 Å². The maximum atomic E-state index is 12.2. The number of nitrogens with two attached hydrogens (primary N) is 1. The molecule has 0 unspecified atom stereocenters. The summed E-state index contributed by atoms with van der Waals surface area (Å²) < 4.78 is 27.7. The van der Waals surface area contributed by atoms with Crippen molar-refractivity contribution in [2.24, 2.45) is 0 Å². The monoisotopic (exact) mass is 408 g/mol. The lowest BCUT2D eigenvalue weighted by atomic mass is 10.3. The Morgan fingerprint density at radius 3 is 2.47 bits per heavy atom. The van der Waals surface area contributed by atoms with E-state index in [-0.39, 0.29) is 11.4 Å². The molecule has 2 rings (SSSR count). The molecule has 0 aliphatic rings. The largest absolute Gasteiger partial charge is 0.399 e. The highest BCUT2D eigenvalue weighted by molar-refractivity contribution is 9.11. The van der Waals surface area contributed by atoms with Gasteiger partial charge in [0, 0.05) is 20.8 Å². The van der Waals surface area contributed by atoms with Gasteiger partial charge in [0.25, 0.3) is 0 Å². The third kappa shape index (κ3) is 3.35. The number of benzene rings is 1. The van der Waals surface area contributed by atoms with Gasteiger partial charge < -0.3 is 5.73 Å². The second kappa shape index (κ2) is 5.61. The van der Waals surface area contributed by atoms with E-state index in [9.17, 15) is 8.42 Å². The van der Waals surface area contributed by atoms with E-state index in [0.29, 0.717) is 20.3 Å². The van der Waals surface area contributed by atoms with Crippen LogP contribution < -0.4 is 10.5 Å². The number of sulfonamides is 1. The van der Waals surface area contributed by atoms with Crippen LogP contribution in [-0.2, 0) is 16.6 Å². The van der Waals surface area contributed by atoms with Crippen LogP contribution in [0, 0.1) is 0 Å². The minimum absolute atomic E-state index is 0.112. The third-order valence-electron chi connectivity index (χ3n) is 2.30. The van der Waals surface area contributed by atoms with E-state index in [4.69, 9.17) is 5.73 Å². The highest BCUT2D eigenvalue weighted by atomic mass is 79.9. The molecule has 0 bridgehead atoms. The molecule has 0 amide bonds. The molecule has 19 heavy (non-hydrogen) atoms. The first-order chi connectivity index (χ1) is 8.90. The number of anilines is 1. The van der Waals surface area contributed by atoms with E-state index in [2.05, 4.69) is 46.8 Å². The lowest BCUT2D eigenvalue weighted by Crippen LogP contribution is -2.24. The summed E-state index contributed by atoms with van der Waals surface area (Å²) in [5.74, 6) is 0. The molecular formula is C10H10Br2N4O2S. The van der Waals surface area contributed by atoms with Crippen LogP contribution in [0.15, 0.2) is 38.2 Å². The number of nitrogens with one attached hydrogen (secondary N) is 2. The summed E-state index contributed by atoms with van der Waals surface area (Å²) >= 11 is 6.41. The van der Waals surface area contributed by atoms with Crippen LogP contribution in [0.4, 0.5) is 5.69 Å². The van der Waals surface area contributed by atoms with Gasteiger partial charge in [0.15, 0.2) is 0 Å². The Kier molecular flexibility index (Phi) is 4.29. The van der Waals surface area contributed by atoms with Gasteiger partial charge in [-0.25, -0.2) is 13.1 Å². The second-order valence-corrected chi connectivity index (χ2v) is 7.13. The Bertz CT molecular complexity index is 663. The van der Waals surface area contributed by atoms with Gasteiger partial charge in [-0.3, -0.25) is 5.10 Å². The van der Waals surface area contributed by atoms with E-state index >= 15 is 0 Å². The van der Waals surface area contributed by atoms with Crippen LogP contribution in [0.25, 0.3) is 0 Å². The summed E-state index contributed by atoms with van der Waals surface area (Å²) in [7, 11) is -3.66. The Morgan fingerprint density at radius 1 is 1.32 bits per heavy atom. The van der Waals surface area contributed by atoms with Gasteiger partial charge in [0.05, 0.1) is 12.2 Å². The number of halogens is 2. The summed E-state index contributed by atoms with van der Waals surface area (Å²) in [6.07, 6.45) is 1.55. The number of aromatic nitrogens is 2. The molecule has 0 radical (unpaired) electrons. The van der Waals surface area contributed by atoms with Crippen molar-refractivity contribution >= 4 is 47.6 Å². The highest BCUT2D eigenvalue weighted by Gasteiger charge is 2.21. The zero-order chi connectivity index (χ0) is 14.0. The van der Waals surface area contributed by atoms with Gasteiger partial charge in [-0.1, -0.05) is 0 Å². The molecule has 6 nitrogen and oxygen atoms in total. The van der Waals surface area contributed by atoms with Crippen LogP contribution in [0.2, 0.25) is 0 Å². The third-order valence-corrected chi connectivity index (χ3v) is 5.58. The van der Waals surface area contributed by atoms with Crippen LogP contribution in [-0.4, -0.2) is 18.6 Å². The van der Waals surface area contributed by atoms with Crippen LogP contribution >= 0.6 is 31.9 Å². The van der Waals surface area contributed by atoms with Gasteiger partial charge in [-0.2, -0.15) is 5.10 Å². The lowest BCUT2D eigenvalue weighted by molar-refractivity contribution is 0.579. The van der Waals surface area contributed by atoms with Gasteiger partial charge >= 0.3 is 0 Å². The average molecular weight is 410 g/mol. The minimum Gasteiger partial charge on any atom is -0.399 e. The summed E-state index contributed by atoms with van der Waals surface area (Å²) in [6.45, 7) is 0.131. The Labute approximate surface area is 127 Å². The zero-order valence-corrected chi connectivity index (χ0v) is 13.5. The highest BCUT2D eigenvalue weighted by Crippen LogP contribution is 2.32. The SMILES string of the molecule is Nc1cc(Br)c(S(=O)(=O)NCc2ccn[nH]2)c(Br)c1. The molecule has 2 aromatic rings. The van der Waals surface area contributed by atoms with Crippen molar-refractivity contribution in [2.45, 2.75) is 11.4 Å². The number of rotatable bonds is 4. The number of H-pyrrole nitrogens is 1. The number of nitrogens with zero attached hydrogens (tertiary/aromatic N) is 1. The molecule has 1 heterocycles. The van der Waals surface area contributed by atoms with Crippen molar-refractivity contribution in [3.05, 3.63) is 39.0 Å². The standard InChI is InChI=1S/C10H10Br2N4O2S/c11-8-3-6(13)4-9(12)10(8)19(17,18)15-5-7-1-2-14-16-7/h1-4,15H,5,13H2,(H,14,16). The van der Waals surface area contributed by atoms with Crippen molar-refractivity contribution < 1.29 is 8.42 Å². The van der Waals surface area contributed by atoms with E-state index in [0.717, 1.165) is 0 Å². The molecule has 1 aromatic carbocycles. The predicted octanol–water partition coefficient (Wildman–Crippen LogP) is 2.00. The molecule has 0 fully saturated rings. The maximum absolute atomic E-state index is 12.2. The fourth-order valence-electron chi connectivity index (χ4n) is 1.46. The molecule has 0 spiro atoms. The minimum atomic E-state index is -3.66. The van der Waals surface area contributed by atoms with E-state index < -0.39 is 10.0 Å². The molecule has 0 aliphatic heterocycles. The number of nitrogen functional groups attached to an aromatic ring is 1. The van der Waals surface area contributed by atoms with Gasteiger partial charge in [-0.15, -0.1) is 0 Å². The fraction of sp³-hybridized carbons (Fsp3) is 0.100. The number of hydrogen-bond donors (Lipinski definition) is 3. The van der Waals surface area contributed by atoms with Crippen molar-refractivity contribution in [3.63, 3.8) is 0 Å². The van der Waals surface area contributed by atoms with E-state index in [1.54, 1.807) is 12.3 Å². The van der Waals surface area contributed by atoms with E-state index in [1.807, 2.05) is 0 Å². The smallest absolute Gasteiger partial charge is 0.243 e. The van der Waals surface area contributed by atoms with Crippen molar-refractivity contribution in [1.82, 2.24) is 14.9 Å². The molecule has 0 saturated carbocycles. The summed E-state index contributed by atoms with van der Waals surface area (Å²) in [5, 5.41) is 6.43. The second-order valence-electron chi connectivity index (χ2n) is 3.72. The first-order valence-electron chi connectivity index (χ1n) is 5.12. The van der Waals surface area contributed by atoms with Gasteiger partial charge in [0.1, 0.15) is 4.90 Å². The number of aromatic amines is 1. The maximum Gasteiger partial charge on any atom is 0.243 e. The van der Waals surface area contributed by atoms with Crippen LogP contribution in [0.5, 0.6) is 0 Å². The normalized spacial score (nSPS) is 11.7. The quantitative estimate of drug-likeness (QED) is 0.672. The predicted molar refractivity (Wildman–Crippen MR) is 78.9 cm³/mol. The molecule has 1 aromatic heterocycles. The molecule has 9 heteroatoms. The number of hydrogen-bond acceptors (Lipinski definition) is 4. The molecule has 102 valence electrons. The van der Waals surface area contributed by atoms with Crippen molar-refractivity contribution in [3.8, 4) is 0 Å². The van der Waals surface area contributed by atoms with Gasteiger partial charge in [0.2, 0.25) is 10.0 Å². The molecule has 0 saturated heterocycles.